The fourth-order valence-corrected chi connectivity index (χ4v) is 3.72. The Hall–Kier alpha value is -2.74. The zero-order chi connectivity index (χ0) is 19.9. The number of pyridine rings is 1. The van der Waals surface area contributed by atoms with Gasteiger partial charge in [0.1, 0.15) is 5.75 Å². The zero-order valence-electron chi connectivity index (χ0n) is 16.7. The number of aromatic amines is 1. The van der Waals surface area contributed by atoms with Crippen molar-refractivity contribution in [1.29, 1.82) is 0 Å². The van der Waals surface area contributed by atoms with Crippen molar-refractivity contribution in [3.8, 4) is 17.0 Å². The SMILES string of the molecule is COc1ccc(C(CNCc2cn[nH]c2-c2cccnc2)N2CCOCC2)cc1. The standard InChI is InChI=1S/C22H27N5O2/c1-28-20-6-4-17(5-7-20)21(27-9-11-29-12-10-27)16-24-14-19-15-25-26-22(19)18-3-2-8-23-13-18/h2-8,13,15,21,24H,9-12,14,16H2,1H3,(H,25,26). The highest BCUT2D eigenvalue weighted by atomic mass is 16.5. The Bertz CT molecular complexity index is 876. The summed E-state index contributed by atoms with van der Waals surface area (Å²) in [5, 5.41) is 11.0. The molecule has 29 heavy (non-hydrogen) atoms. The molecular weight excluding hydrogens is 366 g/mol. The third-order valence-electron chi connectivity index (χ3n) is 5.31. The minimum atomic E-state index is 0.276. The van der Waals surface area contributed by atoms with Crippen LogP contribution in [0.2, 0.25) is 0 Å². The van der Waals surface area contributed by atoms with Gasteiger partial charge in [-0.3, -0.25) is 15.0 Å². The van der Waals surface area contributed by atoms with Crippen LogP contribution in [-0.2, 0) is 11.3 Å². The monoisotopic (exact) mass is 393 g/mol. The third kappa shape index (κ3) is 4.82. The summed E-state index contributed by atoms with van der Waals surface area (Å²) in [6, 6.07) is 12.6. The number of H-pyrrole nitrogens is 1. The molecule has 0 aliphatic carbocycles. The van der Waals surface area contributed by atoms with Gasteiger partial charge in [0.25, 0.3) is 0 Å². The Balaban J connectivity index is 1.45. The smallest absolute Gasteiger partial charge is 0.118 e. The lowest BCUT2D eigenvalue weighted by molar-refractivity contribution is 0.0161. The normalized spacial score (nSPS) is 15.9. The summed E-state index contributed by atoms with van der Waals surface area (Å²) in [6.45, 7) is 5.00. The van der Waals surface area contributed by atoms with Crippen LogP contribution in [0.3, 0.4) is 0 Å². The molecule has 0 saturated carbocycles. The molecule has 2 aromatic heterocycles. The van der Waals surface area contributed by atoms with Crippen molar-refractivity contribution in [2.75, 3.05) is 40.0 Å². The van der Waals surface area contributed by atoms with Gasteiger partial charge in [0, 0.05) is 55.7 Å². The van der Waals surface area contributed by atoms with Crippen molar-refractivity contribution >= 4 is 0 Å². The van der Waals surface area contributed by atoms with Crippen molar-refractivity contribution < 1.29 is 9.47 Å². The van der Waals surface area contributed by atoms with Gasteiger partial charge in [-0.05, 0) is 29.8 Å². The number of hydrogen-bond donors (Lipinski definition) is 2. The maximum atomic E-state index is 5.55. The second-order valence-electron chi connectivity index (χ2n) is 7.08. The average molecular weight is 393 g/mol. The molecule has 1 atom stereocenters. The summed E-state index contributed by atoms with van der Waals surface area (Å²) < 4.78 is 10.9. The molecule has 7 nitrogen and oxygen atoms in total. The predicted octanol–water partition coefficient (Wildman–Crippen LogP) is 2.64. The molecule has 1 saturated heterocycles. The van der Waals surface area contributed by atoms with E-state index in [9.17, 15) is 0 Å². The molecular formula is C22H27N5O2. The first-order chi connectivity index (χ1) is 14.3. The van der Waals surface area contributed by atoms with Crippen LogP contribution in [0, 0.1) is 0 Å². The van der Waals surface area contributed by atoms with Gasteiger partial charge in [-0.15, -0.1) is 0 Å². The van der Waals surface area contributed by atoms with Gasteiger partial charge >= 0.3 is 0 Å². The van der Waals surface area contributed by atoms with Crippen LogP contribution in [0.4, 0.5) is 0 Å². The molecule has 1 aromatic carbocycles. The fraction of sp³-hybridized carbons (Fsp3) is 0.364. The van der Waals surface area contributed by atoms with E-state index < -0.39 is 0 Å². The Morgan fingerprint density at radius 3 is 2.72 bits per heavy atom. The minimum absolute atomic E-state index is 0.276. The summed E-state index contributed by atoms with van der Waals surface area (Å²) in [4.78, 5) is 6.69. The van der Waals surface area contributed by atoms with E-state index in [0.29, 0.717) is 0 Å². The Kier molecular flexibility index (Phi) is 6.51. The average Bonchev–Trinajstić information content (AvgIpc) is 3.27. The third-order valence-corrected chi connectivity index (χ3v) is 5.31. The van der Waals surface area contributed by atoms with Crippen molar-refractivity contribution in [2.45, 2.75) is 12.6 Å². The number of nitrogens with one attached hydrogen (secondary N) is 2. The number of hydrogen-bond acceptors (Lipinski definition) is 6. The predicted molar refractivity (Wildman–Crippen MR) is 112 cm³/mol. The summed E-state index contributed by atoms with van der Waals surface area (Å²) in [6.07, 6.45) is 5.51. The quantitative estimate of drug-likeness (QED) is 0.613. The number of methoxy groups -OCH3 is 1. The van der Waals surface area contributed by atoms with Gasteiger partial charge in [-0.25, -0.2) is 0 Å². The number of nitrogens with zero attached hydrogens (tertiary/aromatic N) is 3. The van der Waals surface area contributed by atoms with E-state index >= 15 is 0 Å². The maximum Gasteiger partial charge on any atom is 0.118 e. The highest BCUT2D eigenvalue weighted by molar-refractivity contribution is 5.61. The number of benzene rings is 1. The topological polar surface area (TPSA) is 75.3 Å². The Labute approximate surface area is 171 Å². The van der Waals surface area contributed by atoms with Crippen LogP contribution >= 0.6 is 0 Å². The highest BCUT2D eigenvalue weighted by Crippen LogP contribution is 2.24. The van der Waals surface area contributed by atoms with Crippen LogP contribution in [0.1, 0.15) is 17.2 Å². The van der Waals surface area contributed by atoms with Crippen molar-refractivity contribution in [2.24, 2.45) is 0 Å². The number of rotatable bonds is 8. The van der Waals surface area contributed by atoms with Crippen LogP contribution in [0.15, 0.2) is 55.0 Å². The molecule has 4 rings (SSSR count). The van der Waals surface area contributed by atoms with Gasteiger partial charge in [-0.2, -0.15) is 5.10 Å². The van der Waals surface area contributed by atoms with Gasteiger partial charge in [0.2, 0.25) is 0 Å². The molecule has 7 heteroatoms. The fourth-order valence-electron chi connectivity index (χ4n) is 3.72. The molecule has 152 valence electrons. The van der Waals surface area contributed by atoms with Gasteiger partial charge < -0.3 is 14.8 Å². The molecule has 1 aliphatic rings. The van der Waals surface area contributed by atoms with E-state index in [0.717, 1.165) is 62.0 Å². The van der Waals surface area contributed by atoms with Crippen molar-refractivity contribution in [1.82, 2.24) is 25.4 Å². The Morgan fingerprint density at radius 1 is 1.17 bits per heavy atom. The van der Waals surface area contributed by atoms with Crippen LogP contribution < -0.4 is 10.1 Å². The molecule has 0 radical (unpaired) electrons. The zero-order valence-corrected chi connectivity index (χ0v) is 16.7. The second kappa shape index (κ2) is 9.65. The van der Waals surface area contributed by atoms with Crippen LogP contribution in [0.5, 0.6) is 5.75 Å². The van der Waals surface area contributed by atoms with Gasteiger partial charge in [-0.1, -0.05) is 12.1 Å². The maximum absolute atomic E-state index is 5.55. The Morgan fingerprint density at radius 2 is 2.00 bits per heavy atom. The molecule has 0 spiro atoms. The van der Waals surface area contributed by atoms with Crippen LogP contribution in [0.25, 0.3) is 11.3 Å². The molecule has 3 aromatic rings. The first-order valence-corrected chi connectivity index (χ1v) is 9.94. The van der Waals surface area contributed by atoms with E-state index in [1.165, 1.54) is 5.56 Å². The van der Waals surface area contributed by atoms with E-state index in [2.05, 4.69) is 37.5 Å². The molecule has 0 amide bonds. The van der Waals surface area contributed by atoms with E-state index in [1.54, 1.807) is 13.3 Å². The van der Waals surface area contributed by atoms with Crippen molar-refractivity contribution in [3.05, 3.63) is 66.1 Å². The summed E-state index contributed by atoms with van der Waals surface area (Å²) >= 11 is 0. The van der Waals surface area contributed by atoms with E-state index in [4.69, 9.17) is 9.47 Å². The van der Waals surface area contributed by atoms with Gasteiger partial charge in [0.15, 0.2) is 0 Å². The summed E-state index contributed by atoms with van der Waals surface area (Å²) in [5.74, 6) is 0.877. The minimum Gasteiger partial charge on any atom is -0.497 e. The first kappa shape index (κ1) is 19.6. The number of aromatic nitrogens is 3. The molecule has 1 fully saturated rings. The molecule has 2 N–H and O–H groups in total. The lowest BCUT2D eigenvalue weighted by Gasteiger charge is -2.35. The molecule has 0 bridgehead atoms. The largest absolute Gasteiger partial charge is 0.497 e. The van der Waals surface area contributed by atoms with E-state index in [1.807, 2.05) is 36.7 Å². The van der Waals surface area contributed by atoms with Crippen molar-refractivity contribution in [3.63, 3.8) is 0 Å². The molecule has 3 heterocycles. The summed E-state index contributed by atoms with van der Waals surface area (Å²) in [5.41, 5.74) is 4.47. The van der Waals surface area contributed by atoms with Crippen LogP contribution in [-0.4, -0.2) is 60.0 Å². The number of morpholine rings is 1. The lowest BCUT2D eigenvalue weighted by Crippen LogP contribution is -2.42. The van der Waals surface area contributed by atoms with Gasteiger partial charge in [0.05, 0.1) is 32.2 Å². The second-order valence-corrected chi connectivity index (χ2v) is 7.08. The number of ether oxygens (including phenoxy) is 2. The highest BCUT2D eigenvalue weighted by Gasteiger charge is 2.22. The lowest BCUT2D eigenvalue weighted by atomic mass is 10.0. The van der Waals surface area contributed by atoms with E-state index in [-0.39, 0.29) is 6.04 Å². The molecule has 1 unspecified atom stereocenters. The first-order valence-electron chi connectivity index (χ1n) is 9.94. The molecule has 1 aliphatic heterocycles. The summed E-state index contributed by atoms with van der Waals surface area (Å²) in [7, 11) is 1.70.